The Kier molecular flexibility index (Phi) is 5.07. The van der Waals surface area contributed by atoms with E-state index in [1.165, 1.54) is 6.07 Å². The molecule has 0 saturated heterocycles. The van der Waals surface area contributed by atoms with E-state index in [2.05, 4.69) is 4.98 Å². The van der Waals surface area contributed by atoms with Crippen LogP contribution >= 0.6 is 34.2 Å². The van der Waals surface area contributed by atoms with Gasteiger partial charge in [0.15, 0.2) is 0 Å². The van der Waals surface area contributed by atoms with Gasteiger partial charge in [-0.05, 0) is 42.5 Å². The van der Waals surface area contributed by atoms with Crippen LogP contribution in [-0.2, 0) is 10.8 Å². The summed E-state index contributed by atoms with van der Waals surface area (Å²) in [5.41, 5.74) is 1.41. The summed E-state index contributed by atoms with van der Waals surface area (Å²) >= 11 is 8.13. The van der Waals surface area contributed by atoms with Gasteiger partial charge in [-0.15, -0.1) is 11.6 Å². The molecule has 7 heteroatoms. The minimum Gasteiger partial charge on any atom is -0.323 e. The molecule has 1 aromatic carbocycles. The van der Waals surface area contributed by atoms with Gasteiger partial charge < -0.3 is 4.57 Å². The second kappa shape index (κ2) is 6.27. The predicted octanol–water partition coefficient (Wildman–Crippen LogP) is 4.02. The number of aromatic nitrogens is 2. The minimum absolute atomic E-state index is 0.0542. The van der Waals surface area contributed by atoms with Gasteiger partial charge in [0.05, 0.1) is 20.0 Å². The fourth-order valence-corrected chi connectivity index (χ4v) is 3.70. The van der Waals surface area contributed by atoms with Crippen molar-refractivity contribution in [2.45, 2.75) is 25.3 Å². The third kappa shape index (κ3) is 3.17. The lowest BCUT2D eigenvalue weighted by atomic mass is 10.2. The summed E-state index contributed by atoms with van der Waals surface area (Å²) in [5, 5.41) is -0.295. The fraction of sp³-hybridized carbons (Fsp3) is 0.462. The zero-order valence-corrected chi connectivity index (χ0v) is 15.1. The first-order valence-corrected chi connectivity index (χ1v) is 9.36. The number of rotatable bonds is 4. The summed E-state index contributed by atoms with van der Waals surface area (Å²) in [5.74, 6) is 0.884. The Morgan fingerprint density at radius 3 is 2.70 bits per heavy atom. The van der Waals surface area contributed by atoms with Crippen molar-refractivity contribution < 1.29 is 8.60 Å². The van der Waals surface area contributed by atoms with Crippen LogP contribution in [0.15, 0.2) is 12.1 Å². The summed E-state index contributed by atoms with van der Waals surface area (Å²) in [6.45, 7) is 3.78. The van der Waals surface area contributed by atoms with E-state index in [-0.39, 0.29) is 17.2 Å². The van der Waals surface area contributed by atoms with E-state index < -0.39 is 10.8 Å². The fourth-order valence-electron chi connectivity index (χ4n) is 2.27. The molecule has 0 aliphatic carbocycles. The molecule has 20 heavy (non-hydrogen) atoms. The van der Waals surface area contributed by atoms with Gasteiger partial charge in [-0.1, -0.05) is 0 Å². The number of hydrogen-bond acceptors (Lipinski definition) is 2. The van der Waals surface area contributed by atoms with E-state index in [9.17, 15) is 8.60 Å². The molecule has 2 aromatic rings. The summed E-state index contributed by atoms with van der Waals surface area (Å²) < 4.78 is 27.7. The van der Waals surface area contributed by atoms with Crippen molar-refractivity contribution in [2.24, 2.45) is 0 Å². The Bertz CT molecular complexity index is 674. The van der Waals surface area contributed by atoms with Gasteiger partial charge in [0.1, 0.15) is 11.6 Å². The molecule has 110 valence electrons. The van der Waals surface area contributed by atoms with Crippen LogP contribution in [0.2, 0.25) is 0 Å². The second-order valence-electron chi connectivity index (χ2n) is 4.80. The van der Waals surface area contributed by atoms with Crippen molar-refractivity contribution in [3.05, 3.63) is 27.3 Å². The maximum Gasteiger partial charge on any atom is 0.138 e. The Labute approximate surface area is 138 Å². The molecular formula is C13H15ClFIN2OS. The lowest BCUT2D eigenvalue weighted by molar-refractivity contribution is 0.580. The van der Waals surface area contributed by atoms with E-state index >= 15 is 0 Å². The van der Waals surface area contributed by atoms with Gasteiger partial charge in [0, 0.05) is 34.9 Å². The normalized spacial score (nSPS) is 16.3. The molecule has 0 N–H and O–H groups in total. The number of alkyl halides is 1. The molecule has 0 radical (unpaired) electrons. The van der Waals surface area contributed by atoms with Crippen molar-refractivity contribution in [3.8, 4) is 0 Å². The Morgan fingerprint density at radius 1 is 1.50 bits per heavy atom. The molecule has 3 atom stereocenters. The average Bonchev–Trinajstić information content (AvgIpc) is 2.67. The number of benzene rings is 1. The van der Waals surface area contributed by atoms with E-state index in [1.54, 1.807) is 12.3 Å². The number of fused-ring (bicyclic) bond motifs is 1. The molecule has 0 amide bonds. The summed E-state index contributed by atoms with van der Waals surface area (Å²) in [6.07, 6.45) is 1.66. The van der Waals surface area contributed by atoms with Crippen molar-refractivity contribution in [2.75, 3.05) is 12.0 Å². The van der Waals surface area contributed by atoms with Crippen molar-refractivity contribution in [1.29, 1.82) is 0 Å². The number of imidazole rings is 1. The van der Waals surface area contributed by atoms with Gasteiger partial charge in [-0.2, -0.15) is 0 Å². The third-order valence-corrected chi connectivity index (χ3v) is 5.00. The highest BCUT2D eigenvalue weighted by Gasteiger charge is 2.21. The molecule has 3 unspecified atom stereocenters. The third-order valence-electron chi connectivity index (χ3n) is 3.03. The first-order valence-electron chi connectivity index (χ1n) is 6.12. The second-order valence-corrected chi connectivity index (χ2v) is 8.10. The van der Waals surface area contributed by atoms with Crippen LogP contribution in [-0.4, -0.2) is 25.8 Å². The predicted molar refractivity (Wildman–Crippen MR) is 90.3 cm³/mol. The van der Waals surface area contributed by atoms with E-state index in [1.807, 2.05) is 41.0 Å². The molecule has 0 aliphatic heterocycles. The molecule has 1 heterocycles. The van der Waals surface area contributed by atoms with Gasteiger partial charge in [-0.25, -0.2) is 9.37 Å². The summed E-state index contributed by atoms with van der Waals surface area (Å²) in [4.78, 5) is 4.50. The standard InChI is InChI=1S/C13H15ClFIN2OS/c1-7(6-20(3)19)18-12-4-9(15)10(16)5-11(12)17-13(18)8(2)14/h4-5,7-8H,6H2,1-3H3. The summed E-state index contributed by atoms with van der Waals surface area (Å²) in [7, 11) is -0.941. The lowest BCUT2D eigenvalue weighted by Gasteiger charge is -2.17. The quantitative estimate of drug-likeness (QED) is 0.545. The Balaban J connectivity index is 2.67. The number of nitrogens with zero attached hydrogens (tertiary/aromatic N) is 2. The van der Waals surface area contributed by atoms with Crippen LogP contribution in [0.25, 0.3) is 11.0 Å². The molecule has 0 bridgehead atoms. The molecule has 0 aliphatic rings. The lowest BCUT2D eigenvalue weighted by Crippen LogP contribution is -2.16. The molecule has 1 aromatic heterocycles. The van der Waals surface area contributed by atoms with Crippen LogP contribution in [0.1, 0.15) is 31.1 Å². The van der Waals surface area contributed by atoms with E-state index in [0.717, 1.165) is 0 Å². The molecular weight excluding hydrogens is 414 g/mol. The smallest absolute Gasteiger partial charge is 0.138 e. The minimum atomic E-state index is -0.941. The maximum atomic E-state index is 13.8. The van der Waals surface area contributed by atoms with Gasteiger partial charge in [0.2, 0.25) is 0 Å². The van der Waals surface area contributed by atoms with Crippen LogP contribution in [0.5, 0.6) is 0 Å². The SMILES string of the molecule is CC(Cl)c1nc2cc(I)c(F)cc2n1C(C)CS(C)=O. The van der Waals surface area contributed by atoms with Crippen LogP contribution in [0.4, 0.5) is 4.39 Å². The molecule has 2 rings (SSSR count). The molecule has 0 fully saturated rings. The largest absolute Gasteiger partial charge is 0.323 e. The monoisotopic (exact) mass is 428 g/mol. The molecule has 0 spiro atoms. The zero-order chi connectivity index (χ0) is 15.0. The van der Waals surface area contributed by atoms with Crippen molar-refractivity contribution in [1.82, 2.24) is 9.55 Å². The van der Waals surface area contributed by atoms with Crippen LogP contribution in [0, 0.1) is 9.39 Å². The Hall–Kier alpha value is -0.210. The number of halogens is 3. The van der Waals surface area contributed by atoms with E-state index in [0.29, 0.717) is 26.2 Å². The van der Waals surface area contributed by atoms with Crippen LogP contribution < -0.4 is 0 Å². The highest BCUT2D eigenvalue weighted by atomic mass is 127. The highest BCUT2D eigenvalue weighted by molar-refractivity contribution is 14.1. The first kappa shape index (κ1) is 16.2. The average molecular weight is 429 g/mol. The Morgan fingerprint density at radius 2 is 2.15 bits per heavy atom. The van der Waals surface area contributed by atoms with Gasteiger partial charge in [-0.3, -0.25) is 4.21 Å². The zero-order valence-electron chi connectivity index (χ0n) is 11.4. The topological polar surface area (TPSA) is 34.9 Å². The number of hydrogen-bond donors (Lipinski definition) is 0. The highest BCUT2D eigenvalue weighted by Crippen LogP contribution is 2.30. The maximum absolute atomic E-state index is 13.8. The van der Waals surface area contributed by atoms with Crippen LogP contribution in [0.3, 0.4) is 0 Å². The van der Waals surface area contributed by atoms with Gasteiger partial charge >= 0.3 is 0 Å². The van der Waals surface area contributed by atoms with Crippen molar-refractivity contribution in [3.63, 3.8) is 0 Å². The van der Waals surface area contributed by atoms with E-state index in [4.69, 9.17) is 11.6 Å². The van der Waals surface area contributed by atoms with Crippen molar-refractivity contribution >= 4 is 56.0 Å². The van der Waals surface area contributed by atoms with Gasteiger partial charge in [0.25, 0.3) is 0 Å². The summed E-state index contributed by atoms with van der Waals surface area (Å²) in [6, 6.07) is 3.13. The molecule has 3 nitrogen and oxygen atoms in total. The molecule has 0 saturated carbocycles. The first-order chi connectivity index (χ1) is 9.31.